The Kier molecular flexibility index (Phi) is 4.36. The molecule has 19 heavy (non-hydrogen) atoms. The van der Waals surface area contributed by atoms with Crippen molar-refractivity contribution in [3.05, 3.63) is 0 Å². The number of ether oxygens (including phenoxy) is 1. The number of hydrogen-bond acceptors (Lipinski definition) is 4. The molecule has 2 fully saturated rings. The molecule has 0 radical (unpaired) electrons. The summed E-state index contributed by atoms with van der Waals surface area (Å²) in [5, 5.41) is 11.4. The first kappa shape index (κ1) is 13.8. The second kappa shape index (κ2) is 6.01. The van der Waals surface area contributed by atoms with Crippen LogP contribution in [0.2, 0.25) is 0 Å². The number of carboxylic acid groups (broad SMARTS) is 1. The molecule has 2 amide bonds. The minimum atomic E-state index is -1.09. The molecular weight excluding hydrogens is 252 g/mol. The Hall–Kier alpha value is -1.63. The van der Waals surface area contributed by atoms with E-state index in [9.17, 15) is 14.4 Å². The van der Waals surface area contributed by atoms with Crippen molar-refractivity contribution in [2.45, 2.75) is 37.8 Å². The van der Waals surface area contributed by atoms with E-state index >= 15 is 0 Å². The smallest absolute Gasteiger partial charge is 0.305 e. The van der Waals surface area contributed by atoms with E-state index in [1.807, 2.05) is 0 Å². The Morgan fingerprint density at radius 1 is 1.42 bits per heavy atom. The third kappa shape index (κ3) is 3.44. The van der Waals surface area contributed by atoms with Crippen LogP contribution in [-0.2, 0) is 19.1 Å². The van der Waals surface area contributed by atoms with Gasteiger partial charge in [0.2, 0.25) is 11.8 Å². The Morgan fingerprint density at radius 3 is 2.84 bits per heavy atom. The van der Waals surface area contributed by atoms with Gasteiger partial charge < -0.3 is 20.1 Å². The van der Waals surface area contributed by atoms with Gasteiger partial charge in [0.05, 0.1) is 18.9 Å². The lowest BCUT2D eigenvalue weighted by molar-refractivity contribution is -0.149. The molecule has 7 nitrogen and oxygen atoms in total. The minimum Gasteiger partial charge on any atom is -0.481 e. The van der Waals surface area contributed by atoms with E-state index in [2.05, 4.69) is 5.32 Å². The molecule has 0 spiro atoms. The summed E-state index contributed by atoms with van der Waals surface area (Å²) in [5.41, 5.74) is 0. The zero-order valence-corrected chi connectivity index (χ0v) is 10.6. The van der Waals surface area contributed by atoms with Crippen molar-refractivity contribution in [2.75, 3.05) is 19.7 Å². The number of nitrogens with zero attached hydrogens (tertiary/aromatic N) is 1. The van der Waals surface area contributed by atoms with Gasteiger partial charge in [-0.1, -0.05) is 0 Å². The number of piperazine rings is 1. The second-order valence-electron chi connectivity index (χ2n) is 4.83. The van der Waals surface area contributed by atoms with E-state index < -0.39 is 17.9 Å². The van der Waals surface area contributed by atoms with Gasteiger partial charge in [-0.15, -0.1) is 0 Å². The van der Waals surface area contributed by atoms with Crippen LogP contribution < -0.4 is 5.32 Å². The molecule has 0 aromatic rings. The maximum atomic E-state index is 12.2. The highest BCUT2D eigenvalue weighted by Crippen LogP contribution is 2.18. The SMILES string of the molecule is O=C(O)CC1C(=O)NCCN1C(=O)CC1CCCO1. The number of aliphatic carboxylic acids is 1. The number of rotatable bonds is 4. The summed E-state index contributed by atoms with van der Waals surface area (Å²) < 4.78 is 5.39. The van der Waals surface area contributed by atoms with Crippen LogP contribution in [0, 0.1) is 0 Å². The predicted molar refractivity (Wildman–Crippen MR) is 64.4 cm³/mol. The number of nitrogens with one attached hydrogen (secondary N) is 1. The molecule has 2 rings (SSSR count). The van der Waals surface area contributed by atoms with Gasteiger partial charge in [-0.2, -0.15) is 0 Å². The molecule has 7 heteroatoms. The lowest BCUT2D eigenvalue weighted by Gasteiger charge is -2.34. The van der Waals surface area contributed by atoms with Crippen LogP contribution in [-0.4, -0.2) is 59.6 Å². The van der Waals surface area contributed by atoms with Gasteiger partial charge >= 0.3 is 5.97 Å². The molecule has 2 aliphatic heterocycles. The van der Waals surface area contributed by atoms with Crippen molar-refractivity contribution < 1.29 is 24.2 Å². The summed E-state index contributed by atoms with van der Waals surface area (Å²) in [6, 6.07) is -0.903. The molecular formula is C12H18N2O5. The van der Waals surface area contributed by atoms with E-state index in [1.165, 1.54) is 4.90 Å². The fraction of sp³-hybridized carbons (Fsp3) is 0.750. The van der Waals surface area contributed by atoms with E-state index in [4.69, 9.17) is 9.84 Å². The van der Waals surface area contributed by atoms with Gasteiger partial charge in [-0.3, -0.25) is 14.4 Å². The highest BCUT2D eigenvalue weighted by atomic mass is 16.5. The van der Waals surface area contributed by atoms with E-state index in [1.54, 1.807) is 0 Å². The van der Waals surface area contributed by atoms with Crippen LogP contribution in [0.25, 0.3) is 0 Å². The van der Waals surface area contributed by atoms with Crippen LogP contribution in [0.4, 0.5) is 0 Å². The number of carboxylic acids is 1. The number of carbonyl (C=O) groups excluding carboxylic acids is 2. The molecule has 0 saturated carbocycles. The van der Waals surface area contributed by atoms with Gasteiger partial charge in [-0.25, -0.2) is 0 Å². The topological polar surface area (TPSA) is 95.9 Å². The summed E-state index contributed by atoms with van der Waals surface area (Å²) in [7, 11) is 0. The normalized spacial score (nSPS) is 27.2. The first-order valence-corrected chi connectivity index (χ1v) is 6.48. The third-order valence-electron chi connectivity index (χ3n) is 3.45. The Morgan fingerprint density at radius 2 is 2.21 bits per heavy atom. The van der Waals surface area contributed by atoms with Crippen LogP contribution in [0.3, 0.4) is 0 Å². The predicted octanol–water partition coefficient (Wildman–Crippen LogP) is -0.643. The Bertz CT molecular complexity index is 378. The lowest BCUT2D eigenvalue weighted by Crippen LogP contribution is -2.58. The van der Waals surface area contributed by atoms with Crippen molar-refractivity contribution in [2.24, 2.45) is 0 Å². The molecule has 106 valence electrons. The highest BCUT2D eigenvalue weighted by Gasteiger charge is 2.35. The molecule has 2 atom stereocenters. The van der Waals surface area contributed by atoms with Crippen LogP contribution >= 0.6 is 0 Å². The number of amides is 2. The van der Waals surface area contributed by atoms with Crippen molar-refractivity contribution in [1.82, 2.24) is 10.2 Å². The van der Waals surface area contributed by atoms with E-state index in [0.717, 1.165) is 12.8 Å². The second-order valence-corrected chi connectivity index (χ2v) is 4.83. The van der Waals surface area contributed by atoms with E-state index in [-0.39, 0.29) is 24.9 Å². The van der Waals surface area contributed by atoms with Gasteiger partial charge in [0.1, 0.15) is 6.04 Å². The zero-order valence-electron chi connectivity index (χ0n) is 10.6. The third-order valence-corrected chi connectivity index (χ3v) is 3.45. The standard InChI is InChI=1S/C12H18N2O5/c15-10(6-8-2-1-5-19-8)14-4-3-13-12(18)9(14)7-11(16)17/h8-9H,1-7H2,(H,13,18)(H,16,17). The molecule has 2 saturated heterocycles. The summed E-state index contributed by atoms with van der Waals surface area (Å²) in [6.07, 6.45) is 1.56. The van der Waals surface area contributed by atoms with Gasteiger partial charge in [0, 0.05) is 19.7 Å². The van der Waals surface area contributed by atoms with Gasteiger partial charge in [0.25, 0.3) is 0 Å². The summed E-state index contributed by atoms with van der Waals surface area (Å²) in [4.78, 5) is 36.0. The van der Waals surface area contributed by atoms with Gasteiger partial charge in [0.15, 0.2) is 0 Å². The molecule has 0 aromatic heterocycles. The van der Waals surface area contributed by atoms with Crippen molar-refractivity contribution in [3.63, 3.8) is 0 Å². The minimum absolute atomic E-state index is 0.0945. The average molecular weight is 270 g/mol. The number of carbonyl (C=O) groups is 3. The molecule has 0 bridgehead atoms. The molecule has 0 aliphatic carbocycles. The van der Waals surface area contributed by atoms with Crippen molar-refractivity contribution in [3.8, 4) is 0 Å². The summed E-state index contributed by atoms with van der Waals surface area (Å²) in [6.45, 7) is 1.39. The van der Waals surface area contributed by atoms with Crippen LogP contribution in [0.15, 0.2) is 0 Å². The number of hydrogen-bond donors (Lipinski definition) is 2. The lowest BCUT2D eigenvalue weighted by atomic mass is 10.1. The van der Waals surface area contributed by atoms with Gasteiger partial charge in [-0.05, 0) is 12.8 Å². The van der Waals surface area contributed by atoms with E-state index in [0.29, 0.717) is 19.7 Å². The quantitative estimate of drug-likeness (QED) is 0.708. The molecule has 2 aliphatic rings. The summed E-state index contributed by atoms with van der Waals surface area (Å²) in [5.74, 6) is -1.68. The molecule has 0 aromatic carbocycles. The molecule has 2 unspecified atom stereocenters. The highest BCUT2D eigenvalue weighted by molar-refractivity contribution is 5.91. The summed E-state index contributed by atoms with van der Waals surface area (Å²) >= 11 is 0. The first-order chi connectivity index (χ1) is 9.08. The Labute approximate surface area is 110 Å². The van der Waals surface area contributed by atoms with Crippen molar-refractivity contribution >= 4 is 17.8 Å². The average Bonchev–Trinajstić information content (AvgIpc) is 2.84. The Balaban J connectivity index is 1.99. The maximum absolute atomic E-state index is 12.2. The molecule has 2 heterocycles. The van der Waals surface area contributed by atoms with Crippen LogP contribution in [0.5, 0.6) is 0 Å². The zero-order chi connectivity index (χ0) is 13.8. The maximum Gasteiger partial charge on any atom is 0.305 e. The monoisotopic (exact) mass is 270 g/mol. The molecule has 2 N–H and O–H groups in total. The fourth-order valence-electron chi connectivity index (χ4n) is 2.50. The van der Waals surface area contributed by atoms with Crippen LogP contribution in [0.1, 0.15) is 25.7 Å². The first-order valence-electron chi connectivity index (χ1n) is 6.48. The fourth-order valence-corrected chi connectivity index (χ4v) is 2.50. The largest absolute Gasteiger partial charge is 0.481 e. The van der Waals surface area contributed by atoms with Crippen molar-refractivity contribution in [1.29, 1.82) is 0 Å².